The highest BCUT2D eigenvalue weighted by Crippen LogP contribution is 2.52. The van der Waals surface area contributed by atoms with Crippen LogP contribution in [-0.2, 0) is 4.79 Å². The Morgan fingerprint density at radius 2 is 1.72 bits per heavy atom. The fraction of sp³-hybridized carbons (Fsp3) is 0.692. The molecule has 1 aliphatic carbocycles. The van der Waals surface area contributed by atoms with Crippen LogP contribution in [0.25, 0.3) is 0 Å². The van der Waals surface area contributed by atoms with Crippen LogP contribution in [0.3, 0.4) is 0 Å². The minimum Gasteiger partial charge on any atom is -0.335 e. The number of amides is 2. The third-order valence-electron chi connectivity index (χ3n) is 7.75. The van der Waals surface area contributed by atoms with Gasteiger partial charge in [0.05, 0.1) is 6.54 Å². The second-order valence-electron chi connectivity index (χ2n) is 11.7. The van der Waals surface area contributed by atoms with Crippen molar-refractivity contribution in [2.45, 2.75) is 65.0 Å². The van der Waals surface area contributed by atoms with Gasteiger partial charge in [-0.1, -0.05) is 20.8 Å². The summed E-state index contributed by atoms with van der Waals surface area (Å²) in [4.78, 5) is 32.3. The molecule has 6 nitrogen and oxygen atoms in total. The first-order chi connectivity index (χ1) is 15.0. The molecule has 4 rings (SSSR count). The van der Waals surface area contributed by atoms with Crippen molar-refractivity contribution in [1.29, 1.82) is 0 Å². The maximum atomic E-state index is 13.2. The van der Waals surface area contributed by atoms with E-state index in [9.17, 15) is 9.59 Å². The molecule has 6 heteroatoms. The number of nitrogens with zero attached hydrogens (tertiary/aromatic N) is 3. The molecule has 2 saturated heterocycles. The summed E-state index contributed by atoms with van der Waals surface area (Å²) in [5, 5.41) is 3.00. The van der Waals surface area contributed by atoms with Crippen molar-refractivity contribution < 1.29 is 9.59 Å². The lowest BCUT2D eigenvalue weighted by Crippen LogP contribution is -2.44. The molecule has 1 aromatic rings. The Hall–Kier alpha value is -1.92. The van der Waals surface area contributed by atoms with Gasteiger partial charge in [-0.2, -0.15) is 0 Å². The lowest BCUT2D eigenvalue weighted by atomic mass is 9.65. The quantitative estimate of drug-likeness (QED) is 0.759. The SMILES string of the molecule is CN(C)C1CCN(CC(=O)Nc2ccc(C(=O)N3CC4(C)CC3CC(C)(C)C4)cc2)CC1. The minimum atomic E-state index is 0.0101. The number of benzene rings is 1. The number of carbonyl (C=O) groups excluding carboxylic acids is 2. The largest absolute Gasteiger partial charge is 0.335 e. The number of carbonyl (C=O) groups is 2. The van der Waals surface area contributed by atoms with Crippen LogP contribution < -0.4 is 5.32 Å². The number of rotatable bonds is 5. The van der Waals surface area contributed by atoms with Gasteiger partial charge in [-0.25, -0.2) is 0 Å². The molecule has 2 bridgehead atoms. The molecule has 1 aromatic carbocycles. The maximum absolute atomic E-state index is 13.2. The first-order valence-corrected chi connectivity index (χ1v) is 12.1. The highest BCUT2D eigenvalue weighted by Gasteiger charge is 2.51. The Labute approximate surface area is 193 Å². The van der Waals surface area contributed by atoms with Gasteiger partial charge in [-0.3, -0.25) is 14.5 Å². The van der Waals surface area contributed by atoms with Gasteiger partial charge in [0.1, 0.15) is 0 Å². The molecule has 3 aliphatic rings. The molecule has 176 valence electrons. The van der Waals surface area contributed by atoms with Crippen molar-refractivity contribution in [2.24, 2.45) is 10.8 Å². The van der Waals surface area contributed by atoms with Crippen molar-refractivity contribution in [3.8, 4) is 0 Å². The summed E-state index contributed by atoms with van der Waals surface area (Å²) in [6.45, 7) is 10.2. The smallest absolute Gasteiger partial charge is 0.254 e. The van der Waals surface area contributed by atoms with Crippen LogP contribution in [0, 0.1) is 10.8 Å². The van der Waals surface area contributed by atoms with E-state index >= 15 is 0 Å². The summed E-state index contributed by atoms with van der Waals surface area (Å²) in [5.74, 6) is 0.133. The van der Waals surface area contributed by atoms with Crippen LogP contribution in [0.4, 0.5) is 5.69 Å². The van der Waals surface area contributed by atoms with E-state index in [0.29, 0.717) is 29.6 Å². The molecule has 0 aromatic heterocycles. The lowest BCUT2D eigenvalue weighted by molar-refractivity contribution is -0.117. The first kappa shape index (κ1) is 23.2. The molecular formula is C26H40N4O2. The summed E-state index contributed by atoms with van der Waals surface area (Å²) in [5.41, 5.74) is 1.99. The zero-order valence-corrected chi connectivity index (χ0v) is 20.5. The molecule has 1 saturated carbocycles. The van der Waals surface area contributed by atoms with E-state index in [1.165, 1.54) is 6.42 Å². The van der Waals surface area contributed by atoms with E-state index < -0.39 is 0 Å². The molecule has 2 amide bonds. The summed E-state index contributed by atoms with van der Waals surface area (Å²) < 4.78 is 0. The lowest BCUT2D eigenvalue weighted by Gasteiger charge is -2.39. The standard InChI is InChI=1S/C26H40N4O2/c1-25(2)14-22-15-26(3,17-25)18-30(22)24(32)19-6-8-20(9-7-19)27-23(31)16-29-12-10-21(11-13-29)28(4)5/h6-9,21-22H,10-18H2,1-5H3,(H,27,31). The number of hydrogen-bond acceptors (Lipinski definition) is 4. The number of piperidine rings is 1. The van der Waals surface area contributed by atoms with Gasteiger partial charge in [-0.15, -0.1) is 0 Å². The summed E-state index contributed by atoms with van der Waals surface area (Å²) in [6, 6.07) is 8.39. The molecular weight excluding hydrogens is 400 g/mol. The normalized spacial score (nSPS) is 28.2. The van der Waals surface area contributed by atoms with Crippen molar-refractivity contribution >= 4 is 17.5 Å². The fourth-order valence-electron chi connectivity index (χ4n) is 6.56. The van der Waals surface area contributed by atoms with E-state index in [2.05, 4.69) is 54.9 Å². The second-order valence-corrected chi connectivity index (χ2v) is 11.7. The van der Waals surface area contributed by atoms with E-state index in [-0.39, 0.29) is 17.2 Å². The molecule has 2 atom stereocenters. The molecule has 2 unspecified atom stereocenters. The van der Waals surface area contributed by atoms with Gasteiger partial charge in [-0.05, 0) is 81.3 Å². The Morgan fingerprint density at radius 3 is 2.34 bits per heavy atom. The van der Waals surface area contributed by atoms with Gasteiger partial charge >= 0.3 is 0 Å². The number of hydrogen-bond donors (Lipinski definition) is 1. The summed E-state index contributed by atoms with van der Waals surface area (Å²) in [7, 11) is 4.25. The van der Waals surface area contributed by atoms with Crippen LogP contribution in [0.2, 0.25) is 0 Å². The summed E-state index contributed by atoms with van der Waals surface area (Å²) >= 11 is 0. The maximum Gasteiger partial charge on any atom is 0.254 e. The summed E-state index contributed by atoms with van der Waals surface area (Å²) in [6.07, 6.45) is 5.57. The fourth-order valence-corrected chi connectivity index (χ4v) is 6.56. The van der Waals surface area contributed by atoms with Gasteiger partial charge < -0.3 is 15.1 Å². The molecule has 32 heavy (non-hydrogen) atoms. The highest BCUT2D eigenvalue weighted by atomic mass is 16.2. The van der Waals surface area contributed by atoms with Crippen LogP contribution in [0.1, 0.15) is 63.2 Å². The van der Waals surface area contributed by atoms with E-state index in [1.807, 2.05) is 24.3 Å². The number of fused-ring (bicyclic) bond motifs is 2. The molecule has 3 fully saturated rings. The second kappa shape index (κ2) is 8.79. The van der Waals surface area contributed by atoms with Crippen LogP contribution >= 0.6 is 0 Å². The zero-order valence-electron chi connectivity index (χ0n) is 20.5. The Kier molecular flexibility index (Phi) is 6.38. The average Bonchev–Trinajstić information content (AvgIpc) is 2.97. The van der Waals surface area contributed by atoms with Crippen molar-refractivity contribution in [1.82, 2.24) is 14.7 Å². The molecule has 2 aliphatic heterocycles. The Morgan fingerprint density at radius 1 is 1.06 bits per heavy atom. The number of nitrogens with one attached hydrogen (secondary N) is 1. The third kappa shape index (κ3) is 5.18. The predicted molar refractivity (Wildman–Crippen MR) is 129 cm³/mol. The molecule has 0 radical (unpaired) electrons. The monoisotopic (exact) mass is 440 g/mol. The van der Waals surface area contributed by atoms with Gasteiger partial charge in [0, 0.05) is 43.0 Å². The van der Waals surface area contributed by atoms with Gasteiger partial charge in [0.15, 0.2) is 0 Å². The molecule has 1 N–H and O–H groups in total. The van der Waals surface area contributed by atoms with Crippen LogP contribution in [0.15, 0.2) is 24.3 Å². The topological polar surface area (TPSA) is 55.9 Å². The van der Waals surface area contributed by atoms with E-state index in [0.717, 1.165) is 51.0 Å². The van der Waals surface area contributed by atoms with Gasteiger partial charge in [0.25, 0.3) is 5.91 Å². The minimum absolute atomic E-state index is 0.0101. The van der Waals surface area contributed by atoms with Crippen molar-refractivity contribution in [3.05, 3.63) is 29.8 Å². The molecule has 0 spiro atoms. The Balaban J connectivity index is 1.31. The number of anilines is 1. The number of likely N-dealkylation sites (tertiary alicyclic amines) is 2. The Bertz CT molecular complexity index is 842. The van der Waals surface area contributed by atoms with Crippen molar-refractivity contribution in [2.75, 3.05) is 45.6 Å². The zero-order chi connectivity index (χ0) is 23.1. The predicted octanol–water partition coefficient (Wildman–Crippen LogP) is 3.69. The van der Waals surface area contributed by atoms with Crippen LogP contribution in [-0.4, -0.2) is 78.9 Å². The van der Waals surface area contributed by atoms with E-state index in [1.54, 1.807) is 0 Å². The average molecular weight is 441 g/mol. The van der Waals surface area contributed by atoms with Crippen LogP contribution in [0.5, 0.6) is 0 Å². The first-order valence-electron chi connectivity index (χ1n) is 12.1. The highest BCUT2D eigenvalue weighted by molar-refractivity contribution is 5.96. The third-order valence-corrected chi connectivity index (χ3v) is 7.75. The molecule has 2 heterocycles. The van der Waals surface area contributed by atoms with E-state index in [4.69, 9.17) is 0 Å². The van der Waals surface area contributed by atoms with Crippen molar-refractivity contribution in [3.63, 3.8) is 0 Å². The van der Waals surface area contributed by atoms with Gasteiger partial charge in [0.2, 0.25) is 5.91 Å².